The number of ether oxygens (including phenoxy) is 1. The van der Waals surface area contributed by atoms with Crippen LogP contribution in [0.15, 0.2) is 0 Å². The molecule has 0 aliphatic carbocycles. The summed E-state index contributed by atoms with van der Waals surface area (Å²) in [5.41, 5.74) is 0. The molecule has 1 aliphatic heterocycles. The molecule has 1 fully saturated rings. The highest BCUT2D eigenvalue weighted by Crippen LogP contribution is 1.83. The first kappa shape index (κ1) is 5.53. The van der Waals surface area contributed by atoms with Gasteiger partial charge in [0.25, 0.3) is 0 Å². The van der Waals surface area contributed by atoms with Crippen LogP contribution in [0.5, 0.6) is 0 Å². The molecule has 2 N–H and O–H groups in total. The monoisotopic (exact) mass is 115 g/mol. The summed E-state index contributed by atoms with van der Waals surface area (Å²) in [6, 6.07) is 0. The molecular formula is C4H7N2O2. The van der Waals surface area contributed by atoms with Gasteiger partial charge >= 0.3 is 6.47 Å². The Morgan fingerprint density at radius 3 is 2.62 bits per heavy atom. The van der Waals surface area contributed by atoms with Crippen LogP contribution in [0.1, 0.15) is 0 Å². The zero-order chi connectivity index (χ0) is 5.82. The molecule has 1 radical (unpaired) electrons. The van der Waals surface area contributed by atoms with Gasteiger partial charge < -0.3 is 4.74 Å². The largest absolute Gasteiger partial charge is 0.425 e. The summed E-state index contributed by atoms with van der Waals surface area (Å²) < 4.78 is 4.38. The van der Waals surface area contributed by atoms with Crippen LogP contribution >= 0.6 is 0 Å². The second-order valence-corrected chi connectivity index (χ2v) is 1.49. The van der Waals surface area contributed by atoms with Crippen molar-refractivity contribution in [3.8, 4) is 0 Å². The molecule has 4 heteroatoms. The molecular weight excluding hydrogens is 108 g/mol. The van der Waals surface area contributed by atoms with Crippen molar-refractivity contribution >= 4 is 6.47 Å². The Morgan fingerprint density at radius 1 is 1.50 bits per heavy atom. The number of hydrogen-bond acceptors (Lipinski definition) is 4. The molecule has 8 heavy (non-hydrogen) atoms. The summed E-state index contributed by atoms with van der Waals surface area (Å²) >= 11 is 0. The lowest BCUT2D eigenvalue weighted by molar-refractivity contribution is 0.143. The maximum Gasteiger partial charge on any atom is 0.420 e. The van der Waals surface area contributed by atoms with Crippen molar-refractivity contribution in [1.82, 2.24) is 10.6 Å². The van der Waals surface area contributed by atoms with Crippen LogP contribution < -0.4 is 10.6 Å². The van der Waals surface area contributed by atoms with Gasteiger partial charge in [-0.15, -0.1) is 0 Å². The third-order valence-electron chi connectivity index (χ3n) is 0.950. The van der Waals surface area contributed by atoms with E-state index >= 15 is 0 Å². The maximum absolute atomic E-state index is 9.53. The molecule has 45 valence electrons. The Morgan fingerprint density at radius 2 is 2.12 bits per heavy atom. The molecule has 1 saturated heterocycles. The van der Waals surface area contributed by atoms with Crippen LogP contribution in [0.2, 0.25) is 0 Å². The van der Waals surface area contributed by atoms with Gasteiger partial charge in [0, 0.05) is 13.1 Å². The van der Waals surface area contributed by atoms with Crippen LogP contribution in [0.25, 0.3) is 0 Å². The van der Waals surface area contributed by atoms with E-state index in [1.165, 1.54) is 6.47 Å². The minimum Gasteiger partial charge on any atom is -0.425 e. The van der Waals surface area contributed by atoms with Crippen molar-refractivity contribution in [3.05, 3.63) is 0 Å². The lowest BCUT2D eigenvalue weighted by Crippen LogP contribution is -2.33. The third-order valence-corrected chi connectivity index (χ3v) is 0.950. The Balaban J connectivity index is 2.14. The molecule has 0 aromatic carbocycles. The van der Waals surface area contributed by atoms with Gasteiger partial charge in [-0.3, -0.25) is 10.6 Å². The summed E-state index contributed by atoms with van der Waals surface area (Å²) in [6.07, 6.45) is -0.313. The smallest absolute Gasteiger partial charge is 0.420 e. The first-order chi connectivity index (χ1) is 3.93. The molecule has 4 nitrogen and oxygen atoms in total. The predicted octanol–water partition coefficient (Wildman–Crippen LogP) is -1.45. The molecule has 0 spiro atoms. The fraction of sp³-hybridized carbons (Fsp3) is 0.750. The normalized spacial score (nSPS) is 21.0. The lowest BCUT2D eigenvalue weighted by atomic mass is 10.7. The standard InChI is InChI=1S/C4H7N2O2/c7-3-8-4-5-1-2-6-4/h4-6H,1-2H2. The summed E-state index contributed by atoms with van der Waals surface area (Å²) in [5, 5.41) is 5.72. The SMILES string of the molecule is O=[C]OC1NCCN1. The van der Waals surface area contributed by atoms with Crippen molar-refractivity contribution in [2.75, 3.05) is 13.1 Å². The minimum atomic E-state index is -0.313. The first-order valence-corrected chi connectivity index (χ1v) is 2.43. The maximum atomic E-state index is 9.53. The number of hydrogen-bond donors (Lipinski definition) is 2. The number of nitrogens with one attached hydrogen (secondary N) is 2. The fourth-order valence-corrected chi connectivity index (χ4v) is 0.610. The van der Waals surface area contributed by atoms with Crippen molar-refractivity contribution in [1.29, 1.82) is 0 Å². The van der Waals surface area contributed by atoms with E-state index in [1.54, 1.807) is 0 Å². The highest BCUT2D eigenvalue weighted by atomic mass is 16.6. The van der Waals surface area contributed by atoms with E-state index in [0.29, 0.717) is 0 Å². The summed E-state index contributed by atoms with van der Waals surface area (Å²) in [5.74, 6) is 0. The molecule has 1 heterocycles. The topological polar surface area (TPSA) is 50.4 Å². The van der Waals surface area contributed by atoms with Gasteiger partial charge in [-0.2, -0.15) is 0 Å². The zero-order valence-corrected chi connectivity index (χ0v) is 4.31. The molecule has 0 atom stereocenters. The molecule has 0 aromatic rings. The molecule has 1 rings (SSSR count). The molecule has 0 saturated carbocycles. The minimum absolute atomic E-state index is 0.313. The number of rotatable bonds is 2. The van der Waals surface area contributed by atoms with E-state index in [4.69, 9.17) is 0 Å². The van der Waals surface area contributed by atoms with Gasteiger partial charge in [0.2, 0.25) is 6.35 Å². The highest BCUT2D eigenvalue weighted by molar-refractivity contribution is 5.38. The van der Waals surface area contributed by atoms with E-state index in [9.17, 15) is 4.79 Å². The molecule has 0 amide bonds. The third kappa shape index (κ3) is 1.18. The Hall–Kier alpha value is -0.610. The van der Waals surface area contributed by atoms with Crippen LogP contribution in [0.4, 0.5) is 0 Å². The summed E-state index contributed by atoms with van der Waals surface area (Å²) in [4.78, 5) is 9.53. The van der Waals surface area contributed by atoms with Gasteiger partial charge in [0.15, 0.2) is 0 Å². The molecule has 0 unspecified atom stereocenters. The van der Waals surface area contributed by atoms with E-state index in [0.717, 1.165) is 13.1 Å². The van der Waals surface area contributed by atoms with Gasteiger partial charge in [0.05, 0.1) is 0 Å². The van der Waals surface area contributed by atoms with Gasteiger partial charge in [-0.1, -0.05) is 0 Å². The van der Waals surface area contributed by atoms with Crippen LogP contribution in [-0.4, -0.2) is 25.9 Å². The highest BCUT2D eigenvalue weighted by Gasteiger charge is 2.11. The molecule has 1 aliphatic rings. The average Bonchev–Trinajstić information content (AvgIpc) is 2.19. The van der Waals surface area contributed by atoms with E-state index in [2.05, 4.69) is 15.4 Å². The average molecular weight is 115 g/mol. The van der Waals surface area contributed by atoms with Gasteiger partial charge in [0.1, 0.15) is 0 Å². The van der Waals surface area contributed by atoms with Gasteiger partial charge in [-0.25, -0.2) is 4.79 Å². The van der Waals surface area contributed by atoms with E-state index < -0.39 is 0 Å². The van der Waals surface area contributed by atoms with Crippen LogP contribution in [-0.2, 0) is 9.53 Å². The lowest BCUT2D eigenvalue weighted by Gasteiger charge is -2.04. The first-order valence-electron chi connectivity index (χ1n) is 2.43. The Bertz CT molecular complexity index is 80.1. The van der Waals surface area contributed by atoms with Crippen LogP contribution in [0.3, 0.4) is 0 Å². The van der Waals surface area contributed by atoms with E-state index in [1.807, 2.05) is 0 Å². The Kier molecular flexibility index (Phi) is 1.82. The second-order valence-electron chi connectivity index (χ2n) is 1.49. The van der Waals surface area contributed by atoms with E-state index in [-0.39, 0.29) is 6.35 Å². The Labute approximate surface area is 47.2 Å². The van der Waals surface area contributed by atoms with Crippen molar-refractivity contribution in [2.45, 2.75) is 6.35 Å². The fourth-order valence-electron chi connectivity index (χ4n) is 0.610. The quantitative estimate of drug-likeness (QED) is 0.462. The van der Waals surface area contributed by atoms with Crippen molar-refractivity contribution in [3.63, 3.8) is 0 Å². The zero-order valence-electron chi connectivity index (χ0n) is 4.31. The summed E-state index contributed by atoms with van der Waals surface area (Å²) in [6.45, 7) is 3.01. The predicted molar refractivity (Wildman–Crippen MR) is 26.6 cm³/mol. The second kappa shape index (κ2) is 2.64. The van der Waals surface area contributed by atoms with Crippen molar-refractivity contribution < 1.29 is 9.53 Å². The molecule has 0 bridgehead atoms. The van der Waals surface area contributed by atoms with Crippen LogP contribution in [0, 0.1) is 0 Å². The molecule has 0 aromatic heterocycles. The summed E-state index contributed by atoms with van der Waals surface area (Å²) in [7, 11) is 0. The number of carbonyl (C=O) groups excluding carboxylic acids is 1. The van der Waals surface area contributed by atoms with Gasteiger partial charge in [-0.05, 0) is 0 Å². The van der Waals surface area contributed by atoms with Crippen molar-refractivity contribution in [2.24, 2.45) is 0 Å².